The van der Waals surface area contributed by atoms with E-state index in [1.54, 1.807) is 0 Å². The first kappa shape index (κ1) is 16.4. The van der Waals surface area contributed by atoms with Crippen LogP contribution in [0.2, 0.25) is 0 Å². The van der Waals surface area contributed by atoms with Gasteiger partial charge in [-0.3, -0.25) is 4.79 Å². The molecule has 0 bridgehead atoms. The molecule has 1 rings (SSSR count). The fourth-order valence-corrected chi connectivity index (χ4v) is 2.75. The van der Waals surface area contributed by atoms with Gasteiger partial charge in [-0.05, 0) is 44.7 Å². The van der Waals surface area contributed by atoms with Gasteiger partial charge in [0.2, 0.25) is 5.91 Å². The summed E-state index contributed by atoms with van der Waals surface area (Å²) in [6.07, 6.45) is 4.19. The molecule has 1 fully saturated rings. The topological polar surface area (TPSA) is 58.4 Å². The average Bonchev–Trinajstić information content (AvgIpc) is 2.44. The van der Waals surface area contributed by atoms with Crippen molar-refractivity contribution in [3.05, 3.63) is 0 Å². The Hall–Kier alpha value is -0.610. The lowest BCUT2D eigenvalue weighted by atomic mass is 9.81. The van der Waals surface area contributed by atoms with Crippen LogP contribution in [-0.2, 0) is 4.79 Å². The van der Waals surface area contributed by atoms with Gasteiger partial charge in [-0.25, -0.2) is 0 Å². The van der Waals surface area contributed by atoms with Crippen LogP contribution < -0.4 is 11.1 Å². The molecule has 1 heterocycles. The van der Waals surface area contributed by atoms with E-state index < -0.39 is 0 Å². The fraction of sp³-hybridized carbons (Fsp3) is 0.933. The number of likely N-dealkylation sites (tertiary alicyclic amines) is 1. The number of rotatable bonds is 7. The van der Waals surface area contributed by atoms with Crippen molar-refractivity contribution in [2.75, 3.05) is 32.7 Å². The second-order valence-corrected chi connectivity index (χ2v) is 5.97. The lowest BCUT2D eigenvalue weighted by Crippen LogP contribution is -2.47. The molecule has 0 aliphatic carbocycles. The summed E-state index contributed by atoms with van der Waals surface area (Å²) in [5.41, 5.74) is 5.42. The van der Waals surface area contributed by atoms with Crippen molar-refractivity contribution in [3.8, 4) is 0 Å². The molecule has 0 radical (unpaired) electrons. The highest BCUT2D eigenvalue weighted by Gasteiger charge is 2.32. The van der Waals surface area contributed by atoms with Gasteiger partial charge in [0.05, 0.1) is 5.41 Å². The molecule has 4 heteroatoms. The second-order valence-electron chi connectivity index (χ2n) is 5.97. The minimum Gasteiger partial charge on any atom is -0.354 e. The molecule has 0 unspecified atom stereocenters. The van der Waals surface area contributed by atoms with Gasteiger partial charge < -0.3 is 16.0 Å². The summed E-state index contributed by atoms with van der Waals surface area (Å²) in [5, 5.41) is 3.07. The summed E-state index contributed by atoms with van der Waals surface area (Å²) in [6.45, 7) is 10.9. The van der Waals surface area contributed by atoms with Crippen LogP contribution in [0.3, 0.4) is 0 Å². The van der Waals surface area contributed by atoms with Crippen LogP contribution in [0, 0.1) is 11.3 Å². The molecule has 1 aliphatic rings. The predicted molar refractivity (Wildman–Crippen MR) is 79.9 cm³/mol. The molecule has 4 nitrogen and oxygen atoms in total. The third-order valence-corrected chi connectivity index (χ3v) is 4.82. The van der Waals surface area contributed by atoms with Gasteiger partial charge in [-0.2, -0.15) is 0 Å². The number of nitrogens with two attached hydrogens (primary N) is 1. The molecule has 0 saturated carbocycles. The first-order chi connectivity index (χ1) is 9.07. The van der Waals surface area contributed by atoms with Gasteiger partial charge >= 0.3 is 0 Å². The molecule has 3 N–H and O–H groups in total. The molecule has 1 amide bonds. The first-order valence-corrected chi connectivity index (χ1v) is 7.78. The van der Waals surface area contributed by atoms with E-state index in [4.69, 9.17) is 5.73 Å². The number of amides is 1. The zero-order valence-electron chi connectivity index (χ0n) is 12.9. The van der Waals surface area contributed by atoms with E-state index in [1.807, 2.05) is 13.8 Å². The maximum absolute atomic E-state index is 12.2. The summed E-state index contributed by atoms with van der Waals surface area (Å²) in [4.78, 5) is 14.7. The Morgan fingerprint density at radius 1 is 1.32 bits per heavy atom. The highest BCUT2D eigenvalue weighted by molar-refractivity contribution is 5.82. The van der Waals surface area contributed by atoms with Crippen molar-refractivity contribution in [1.82, 2.24) is 10.2 Å². The zero-order valence-corrected chi connectivity index (χ0v) is 12.9. The van der Waals surface area contributed by atoms with E-state index in [0.717, 1.165) is 31.8 Å². The SMILES string of the molecule is CCC(CC)(CN)C(=O)NCCN1CCC(C)CC1. The van der Waals surface area contributed by atoms with Crippen molar-refractivity contribution in [1.29, 1.82) is 0 Å². The largest absolute Gasteiger partial charge is 0.354 e. The Morgan fingerprint density at radius 3 is 2.37 bits per heavy atom. The minimum absolute atomic E-state index is 0.130. The molecule has 0 spiro atoms. The van der Waals surface area contributed by atoms with E-state index in [9.17, 15) is 4.79 Å². The fourth-order valence-electron chi connectivity index (χ4n) is 2.75. The third-order valence-electron chi connectivity index (χ3n) is 4.82. The number of carbonyl (C=O) groups excluding carboxylic acids is 1. The van der Waals surface area contributed by atoms with Gasteiger partial charge in [-0.1, -0.05) is 20.8 Å². The van der Waals surface area contributed by atoms with Crippen LogP contribution in [-0.4, -0.2) is 43.5 Å². The van der Waals surface area contributed by atoms with Crippen LogP contribution in [0.1, 0.15) is 46.5 Å². The lowest BCUT2D eigenvalue weighted by Gasteiger charge is -2.32. The van der Waals surface area contributed by atoms with Gasteiger partial charge in [0, 0.05) is 19.6 Å². The Kier molecular flexibility index (Phi) is 6.80. The van der Waals surface area contributed by atoms with Gasteiger partial charge in [0.25, 0.3) is 0 Å². The molecule has 19 heavy (non-hydrogen) atoms. The third kappa shape index (κ3) is 4.46. The Balaban J connectivity index is 2.30. The van der Waals surface area contributed by atoms with E-state index in [1.165, 1.54) is 25.9 Å². The van der Waals surface area contributed by atoms with Crippen LogP contribution in [0.25, 0.3) is 0 Å². The highest BCUT2D eigenvalue weighted by Crippen LogP contribution is 2.24. The summed E-state index contributed by atoms with van der Waals surface area (Å²) in [6, 6.07) is 0. The summed E-state index contributed by atoms with van der Waals surface area (Å²) in [7, 11) is 0. The average molecular weight is 269 g/mol. The molecule has 0 aromatic heterocycles. The Labute approximate surface area is 118 Å². The maximum Gasteiger partial charge on any atom is 0.227 e. The van der Waals surface area contributed by atoms with Crippen molar-refractivity contribution in [2.45, 2.75) is 46.5 Å². The maximum atomic E-state index is 12.2. The number of hydrogen-bond acceptors (Lipinski definition) is 3. The molecule has 0 atom stereocenters. The molecule has 112 valence electrons. The van der Waals surface area contributed by atoms with E-state index >= 15 is 0 Å². The normalized spacial score (nSPS) is 18.5. The summed E-state index contributed by atoms with van der Waals surface area (Å²) < 4.78 is 0. The molecular formula is C15H31N3O. The van der Waals surface area contributed by atoms with E-state index in [-0.39, 0.29) is 11.3 Å². The monoisotopic (exact) mass is 269 g/mol. The molecular weight excluding hydrogens is 238 g/mol. The zero-order chi connectivity index (χ0) is 14.3. The number of nitrogens with one attached hydrogen (secondary N) is 1. The molecule has 1 saturated heterocycles. The lowest BCUT2D eigenvalue weighted by molar-refractivity contribution is -0.131. The van der Waals surface area contributed by atoms with Gasteiger partial charge in [0.1, 0.15) is 0 Å². The van der Waals surface area contributed by atoms with Crippen molar-refractivity contribution < 1.29 is 4.79 Å². The van der Waals surface area contributed by atoms with Crippen LogP contribution in [0.5, 0.6) is 0 Å². The van der Waals surface area contributed by atoms with Crippen LogP contribution in [0.4, 0.5) is 0 Å². The number of piperidine rings is 1. The van der Waals surface area contributed by atoms with Crippen molar-refractivity contribution in [3.63, 3.8) is 0 Å². The standard InChI is InChI=1S/C15H31N3O/c1-4-15(5-2,12-16)14(19)17-8-11-18-9-6-13(3)7-10-18/h13H,4-12,16H2,1-3H3,(H,17,19). The molecule has 0 aromatic carbocycles. The number of nitrogens with zero attached hydrogens (tertiary/aromatic N) is 1. The van der Waals surface area contributed by atoms with Crippen LogP contribution >= 0.6 is 0 Å². The van der Waals surface area contributed by atoms with Crippen molar-refractivity contribution >= 4 is 5.91 Å². The smallest absolute Gasteiger partial charge is 0.227 e. The van der Waals surface area contributed by atoms with Crippen LogP contribution in [0.15, 0.2) is 0 Å². The Bertz CT molecular complexity index is 260. The number of hydrogen-bond donors (Lipinski definition) is 2. The number of carbonyl (C=O) groups is 1. The first-order valence-electron chi connectivity index (χ1n) is 7.78. The van der Waals surface area contributed by atoms with E-state index in [2.05, 4.69) is 17.1 Å². The van der Waals surface area contributed by atoms with E-state index in [0.29, 0.717) is 6.54 Å². The second kappa shape index (κ2) is 7.85. The van der Waals surface area contributed by atoms with Gasteiger partial charge in [0.15, 0.2) is 0 Å². The quantitative estimate of drug-likeness (QED) is 0.738. The summed E-state index contributed by atoms with van der Waals surface area (Å²) >= 11 is 0. The van der Waals surface area contributed by atoms with Gasteiger partial charge in [-0.15, -0.1) is 0 Å². The highest BCUT2D eigenvalue weighted by atomic mass is 16.2. The molecule has 1 aliphatic heterocycles. The summed E-state index contributed by atoms with van der Waals surface area (Å²) in [5.74, 6) is 0.987. The van der Waals surface area contributed by atoms with Crippen molar-refractivity contribution in [2.24, 2.45) is 17.1 Å². The predicted octanol–water partition coefficient (Wildman–Crippen LogP) is 1.60. The molecule has 0 aromatic rings. The Morgan fingerprint density at radius 2 is 1.89 bits per heavy atom. The minimum atomic E-state index is -0.365.